The minimum absolute atomic E-state index is 0.744. The number of hydrogen-bond donors (Lipinski definition) is 0. The molecule has 0 heterocycles. The molecule has 0 aromatic heterocycles. The van der Waals surface area contributed by atoms with Crippen molar-refractivity contribution in [2.75, 3.05) is 0 Å². The molecule has 2 saturated carbocycles. The Morgan fingerprint density at radius 3 is 2.22 bits per heavy atom. The standard InChI is InChI=1S/C21H30N2/c1-4-5-6-7-19-14-20(22-15(2)17-8-9-17)12-13-21(19)23-16(3)18-10-11-18/h12-14,17-18H,4-11H2,1-3H3. The molecular formula is C21H30N2. The van der Waals surface area contributed by atoms with E-state index in [2.05, 4.69) is 39.0 Å². The lowest BCUT2D eigenvalue weighted by atomic mass is 10.0. The summed E-state index contributed by atoms with van der Waals surface area (Å²) in [4.78, 5) is 9.78. The van der Waals surface area contributed by atoms with E-state index in [4.69, 9.17) is 9.98 Å². The van der Waals surface area contributed by atoms with Crippen LogP contribution in [0.25, 0.3) is 0 Å². The van der Waals surface area contributed by atoms with Gasteiger partial charge in [0.25, 0.3) is 0 Å². The zero-order valence-corrected chi connectivity index (χ0v) is 14.9. The first-order valence-corrected chi connectivity index (χ1v) is 9.40. The Kier molecular flexibility index (Phi) is 5.30. The van der Waals surface area contributed by atoms with Crippen LogP contribution in [0.15, 0.2) is 28.2 Å². The molecule has 2 nitrogen and oxygen atoms in total. The second-order valence-electron chi connectivity index (χ2n) is 7.33. The van der Waals surface area contributed by atoms with E-state index in [1.165, 1.54) is 67.6 Å². The van der Waals surface area contributed by atoms with Crippen LogP contribution >= 0.6 is 0 Å². The number of aliphatic imine (C=N–C) groups is 2. The fourth-order valence-electron chi connectivity index (χ4n) is 3.09. The zero-order valence-electron chi connectivity index (χ0n) is 14.9. The van der Waals surface area contributed by atoms with Crippen LogP contribution in [0.1, 0.15) is 71.3 Å². The van der Waals surface area contributed by atoms with E-state index < -0.39 is 0 Å². The second-order valence-corrected chi connectivity index (χ2v) is 7.33. The van der Waals surface area contributed by atoms with Crippen LogP contribution < -0.4 is 0 Å². The first-order chi connectivity index (χ1) is 11.2. The van der Waals surface area contributed by atoms with Crippen LogP contribution in [-0.2, 0) is 6.42 Å². The third-order valence-corrected chi connectivity index (χ3v) is 5.05. The molecule has 1 aromatic rings. The molecule has 0 unspecified atom stereocenters. The quantitative estimate of drug-likeness (QED) is 0.391. The summed E-state index contributed by atoms with van der Waals surface area (Å²) in [5.41, 5.74) is 6.28. The Hall–Kier alpha value is -1.44. The second kappa shape index (κ2) is 7.42. The maximum absolute atomic E-state index is 4.94. The van der Waals surface area contributed by atoms with Crippen molar-refractivity contribution >= 4 is 22.8 Å². The van der Waals surface area contributed by atoms with Gasteiger partial charge < -0.3 is 0 Å². The Morgan fingerprint density at radius 1 is 0.957 bits per heavy atom. The average molecular weight is 310 g/mol. The van der Waals surface area contributed by atoms with Crippen molar-refractivity contribution in [3.63, 3.8) is 0 Å². The number of aryl methyl sites for hydroxylation is 1. The smallest absolute Gasteiger partial charge is 0.0662 e. The first-order valence-electron chi connectivity index (χ1n) is 9.40. The van der Waals surface area contributed by atoms with Crippen LogP contribution in [-0.4, -0.2) is 11.4 Å². The molecular weight excluding hydrogens is 280 g/mol. The van der Waals surface area contributed by atoms with E-state index in [9.17, 15) is 0 Å². The molecule has 0 aliphatic heterocycles. The molecule has 0 radical (unpaired) electrons. The minimum Gasteiger partial charge on any atom is -0.258 e. The number of hydrogen-bond acceptors (Lipinski definition) is 2. The van der Waals surface area contributed by atoms with Gasteiger partial charge in [0.1, 0.15) is 0 Å². The van der Waals surface area contributed by atoms with Gasteiger partial charge in [0, 0.05) is 11.4 Å². The van der Waals surface area contributed by atoms with Gasteiger partial charge in [-0.15, -0.1) is 0 Å². The van der Waals surface area contributed by atoms with Gasteiger partial charge in [-0.1, -0.05) is 19.8 Å². The Balaban J connectivity index is 1.81. The van der Waals surface area contributed by atoms with Crippen LogP contribution in [0.3, 0.4) is 0 Å². The zero-order chi connectivity index (χ0) is 16.2. The van der Waals surface area contributed by atoms with E-state index in [0.717, 1.165) is 23.9 Å². The van der Waals surface area contributed by atoms with Crippen LogP contribution in [0, 0.1) is 11.8 Å². The fraction of sp³-hybridized carbons (Fsp3) is 0.619. The highest BCUT2D eigenvalue weighted by Crippen LogP contribution is 2.35. The summed E-state index contributed by atoms with van der Waals surface area (Å²) in [6, 6.07) is 6.61. The van der Waals surface area contributed by atoms with E-state index >= 15 is 0 Å². The number of nitrogens with zero attached hydrogens (tertiary/aromatic N) is 2. The van der Waals surface area contributed by atoms with Gasteiger partial charge in [0.15, 0.2) is 0 Å². The molecule has 2 heteroatoms. The largest absolute Gasteiger partial charge is 0.258 e. The predicted octanol–water partition coefficient (Wildman–Crippen LogP) is 6.42. The molecule has 0 amide bonds. The van der Waals surface area contributed by atoms with Crippen molar-refractivity contribution < 1.29 is 0 Å². The monoisotopic (exact) mass is 310 g/mol. The number of rotatable bonds is 8. The van der Waals surface area contributed by atoms with Gasteiger partial charge in [-0.05, 0) is 88.0 Å². The fourth-order valence-corrected chi connectivity index (χ4v) is 3.09. The number of unbranched alkanes of at least 4 members (excludes halogenated alkanes) is 2. The summed E-state index contributed by atoms with van der Waals surface area (Å²) in [5.74, 6) is 1.49. The normalized spacial score (nSPS) is 19.3. The van der Waals surface area contributed by atoms with E-state index in [0.29, 0.717) is 0 Å². The van der Waals surface area contributed by atoms with Crippen molar-refractivity contribution in [2.24, 2.45) is 21.8 Å². The van der Waals surface area contributed by atoms with E-state index in [1.54, 1.807) is 0 Å². The van der Waals surface area contributed by atoms with Crippen LogP contribution in [0.4, 0.5) is 11.4 Å². The third-order valence-electron chi connectivity index (χ3n) is 5.05. The minimum atomic E-state index is 0.744. The van der Waals surface area contributed by atoms with Crippen molar-refractivity contribution in [3.05, 3.63) is 23.8 Å². The molecule has 2 fully saturated rings. The van der Waals surface area contributed by atoms with Crippen molar-refractivity contribution in [3.8, 4) is 0 Å². The summed E-state index contributed by atoms with van der Waals surface area (Å²) in [7, 11) is 0. The van der Waals surface area contributed by atoms with Gasteiger partial charge in [0.2, 0.25) is 0 Å². The maximum Gasteiger partial charge on any atom is 0.0662 e. The molecule has 3 rings (SSSR count). The molecule has 2 aliphatic rings. The van der Waals surface area contributed by atoms with E-state index in [-0.39, 0.29) is 0 Å². The average Bonchev–Trinajstić information content (AvgIpc) is 3.41. The summed E-state index contributed by atoms with van der Waals surface area (Å²) in [6.07, 6.45) is 10.2. The highest BCUT2D eigenvalue weighted by molar-refractivity contribution is 5.90. The van der Waals surface area contributed by atoms with Gasteiger partial charge in [0.05, 0.1) is 11.4 Å². The topological polar surface area (TPSA) is 24.7 Å². The summed E-state index contributed by atoms with van der Waals surface area (Å²) < 4.78 is 0. The van der Waals surface area contributed by atoms with Gasteiger partial charge in [-0.2, -0.15) is 0 Å². The molecule has 2 aliphatic carbocycles. The highest BCUT2D eigenvalue weighted by Gasteiger charge is 2.25. The lowest BCUT2D eigenvalue weighted by molar-refractivity contribution is 0.718. The molecule has 0 atom stereocenters. The van der Waals surface area contributed by atoms with Crippen molar-refractivity contribution in [1.82, 2.24) is 0 Å². The molecule has 0 N–H and O–H groups in total. The van der Waals surface area contributed by atoms with Crippen LogP contribution in [0.2, 0.25) is 0 Å². The SMILES string of the molecule is CCCCCc1cc(N=C(C)C2CC2)ccc1N=C(C)C1CC1. The van der Waals surface area contributed by atoms with Gasteiger partial charge in [-0.25, -0.2) is 0 Å². The Labute approximate surface area is 141 Å². The maximum atomic E-state index is 4.94. The third kappa shape index (κ3) is 4.76. The first kappa shape index (κ1) is 16.4. The van der Waals surface area contributed by atoms with Crippen molar-refractivity contribution in [2.45, 2.75) is 72.1 Å². The predicted molar refractivity (Wildman–Crippen MR) is 101 cm³/mol. The lowest BCUT2D eigenvalue weighted by Gasteiger charge is -2.09. The van der Waals surface area contributed by atoms with E-state index in [1.807, 2.05) is 0 Å². The molecule has 23 heavy (non-hydrogen) atoms. The van der Waals surface area contributed by atoms with Gasteiger partial charge in [-0.3, -0.25) is 9.98 Å². The molecule has 0 spiro atoms. The molecule has 0 bridgehead atoms. The lowest BCUT2D eigenvalue weighted by Crippen LogP contribution is -1.95. The van der Waals surface area contributed by atoms with Gasteiger partial charge >= 0.3 is 0 Å². The molecule has 1 aromatic carbocycles. The Bertz CT molecular complexity index is 604. The van der Waals surface area contributed by atoms with Crippen LogP contribution in [0.5, 0.6) is 0 Å². The number of benzene rings is 1. The summed E-state index contributed by atoms with van der Waals surface area (Å²) >= 11 is 0. The van der Waals surface area contributed by atoms with Crippen molar-refractivity contribution in [1.29, 1.82) is 0 Å². The molecule has 0 saturated heterocycles. The summed E-state index contributed by atoms with van der Waals surface area (Å²) in [5, 5.41) is 0. The Morgan fingerprint density at radius 2 is 1.61 bits per heavy atom. The molecule has 124 valence electrons. The summed E-state index contributed by atoms with van der Waals surface area (Å²) in [6.45, 7) is 6.63. The highest BCUT2D eigenvalue weighted by atomic mass is 14.8.